The molecule has 0 N–H and O–H groups in total. The molecule has 1 aromatic rings. The largest absolute Gasteiger partial charge is 0.372 e. The van der Waals surface area contributed by atoms with Gasteiger partial charge in [-0.05, 0) is 38.3 Å². The molecule has 0 aliphatic carbocycles. The molecule has 2 saturated heterocycles. The molecule has 2 aliphatic heterocycles. The predicted octanol–water partition coefficient (Wildman–Crippen LogP) is 2.24. The number of halogens is 1. The molecule has 2 heterocycles. The van der Waals surface area contributed by atoms with Crippen LogP contribution < -0.4 is 0 Å². The van der Waals surface area contributed by atoms with Crippen molar-refractivity contribution in [1.82, 2.24) is 9.80 Å². The highest BCUT2D eigenvalue weighted by Crippen LogP contribution is 2.23. The number of likely N-dealkylation sites (tertiary alicyclic amines) is 1. The SMILES string of the molecule is C[C@@H]1CN(C(=O)C2CCN(C(=O)Cc3ccccc3F)CC2)C[C@H](C)O1. The lowest BCUT2D eigenvalue weighted by Crippen LogP contribution is -2.51. The molecular weight excluding hydrogens is 335 g/mol. The van der Waals surface area contributed by atoms with Gasteiger partial charge in [0.1, 0.15) is 5.82 Å². The Labute approximate surface area is 154 Å². The van der Waals surface area contributed by atoms with Crippen LogP contribution in [0.4, 0.5) is 4.39 Å². The van der Waals surface area contributed by atoms with Crippen molar-refractivity contribution in [2.24, 2.45) is 5.92 Å². The first-order chi connectivity index (χ1) is 12.4. The van der Waals surface area contributed by atoms with E-state index >= 15 is 0 Å². The Morgan fingerprint density at radius 3 is 2.31 bits per heavy atom. The minimum absolute atomic E-state index is 0.0370. The molecule has 1 aromatic carbocycles. The Kier molecular flexibility index (Phi) is 5.91. The number of hydrogen-bond donors (Lipinski definition) is 0. The van der Waals surface area contributed by atoms with E-state index in [1.165, 1.54) is 6.07 Å². The van der Waals surface area contributed by atoms with Crippen molar-refractivity contribution in [3.05, 3.63) is 35.6 Å². The molecule has 2 atom stereocenters. The van der Waals surface area contributed by atoms with Gasteiger partial charge in [-0.25, -0.2) is 4.39 Å². The molecule has 142 valence electrons. The number of morpholine rings is 1. The van der Waals surface area contributed by atoms with E-state index in [1.807, 2.05) is 18.7 Å². The quantitative estimate of drug-likeness (QED) is 0.829. The van der Waals surface area contributed by atoms with Crippen LogP contribution in [0.15, 0.2) is 24.3 Å². The summed E-state index contributed by atoms with van der Waals surface area (Å²) in [6, 6.07) is 6.37. The molecule has 0 aromatic heterocycles. The second-order valence-corrected chi connectivity index (χ2v) is 7.42. The van der Waals surface area contributed by atoms with Crippen LogP contribution in [0.1, 0.15) is 32.3 Å². The normalized spacial score (nSPS) is 24.6. The van der Waals surface area contributed by atoms with Crippen LogP contribution in [0.5, 0.6) is 0 Å². The zero-order chi connectivity index (χ0) is 18.7. The third kappa shape index (κ3) is 4.41. The van der Waals surface area contributed by atoms with E-state index in [0.717, 1.165) is 0 Å². The van der Waals surface area contributed by atoms with Gasteiger partial charge in [-0.2, -0.15) is 0 Å². The molecule has 2 fully saturated rings. The summed E-state index contributed by atoms with van der Waals surface area (Å²) in [6.45, 7) is 6.35. The smallest absolute Gasteiger partial charge is 0.227 e. The summed E-state index contributed by atoms with van der Waals surface area (Å²) < 4.78 is 19.4. The van der Waals surface area contributed by atoms with Crippen molar-refractivity contribution in [3.8, 4) is 0 Å². The number of nitrogens with zero attached hydrogens (tertiary/aromatic N) is 2. The summed E-state index contributed by atoms with van der Waals surface area (Å²) in [5.74, 6) is -0.283. The lowest BCUT2D eigenvalue weighted by Gasteiger charge is -2.39. The second-order valence-electron chi connectivity index (χ2n) is 7.42. The molecule has 0 radical (unpaired) electrons. The molecule has 0 bridgehead atoms. The average Bonchev–Trinajstić information content (AvgIpc) is 2.62. The minimum Gasteiger partial charge on any atom is -0.372 e. The van der Waals surface area contributed by atoms with Crippen LogP contribution in [-0.2, 0) is 20.7 Å². The van der Waals surface area contributed by atoms with Gasteiger partial charge in [0.05, 0.1) is 18.6 Å². The number of carbonyl (C=O) groups excluding carboxylic acids is 2. The Balaban J connectivity index is 1.51. The van der Waals surface area contributed by atoms with Gasteiger partial charge < -0.3 is 14.5 Å². The first kappa shape index (κ1) is 18.8. The molecule has 0 saturated carbocycles. The van der Waals surface area contributed by atoms with E-state index in [4.69, 9.17) is 4.74 Å². The molecule has 2 aliphatic rings. The van der Waals surface area contributed by atoms with Crippen molar-refractivity contribution in [1.29, 1.82) is 0 Å². The second kappa shape index (κ2) is 8.16. The van der Waals surface area contributed by atoms with Gasteiger partial charge in [-0.1, -0.05) is 18.2 Å². The highest BCUT2D eigenvalue weighted by molar-refractivity contribution is 5.81. The summed E-state index contributed by atoms with van der Waals surface area (Å²) in [5, 5.41) is 0. The van der Waals surface area contributed by atoms with Crippen molar-refractivity contribution in [2.75, 3.05) is 26.2 Å². The van der Waals surface area contributed by atoms with Crippen molar-refractivity contribution >= 4 is 11.8 Å². The highest BCUT2D eigenvalue weighted by Gasteiger charge is 2.33. The number of rotatable bonds is 3. The Bertz CT molecular complexity index is 648. The fraction of sp³-hybridized carbons (Fsp3) is 0.600. The topological polar surface area (TPSA) is 49.9 Å². The number of piperidine rings is 1. The number of benzene rings is 1. The first-order valence-corrected chi connectivity index (χ1v) is 9.39. The van der Waals surface area contributed by atoms with Gasteiger partial charge in [-0.15, -0.1) is 0 Å². The third-order valence-corrected chi connectivity index (χ3v) is 5.23. The zero-order valence-electron chi connectivity index (χ0n) is 15.5. The maximum absolute atomic E-state index is 13.7. The lowest BCUT2D eigenvalue weighted by atomic mass is 9.94. The predicted molar refractivity (Wildman–Crippen MR) is 96.0 cm³/mol. The molecule has 0 spiro atoms. The maximum atomic E-state index is 13.7. The van der Waals surface area contributed by atoms with Gasteiger partial charge in [0.25, 0.3) is 0 Å². The fourth-order valence-electron chi connectivity index (χ4n) is 3.91. The van der Waals surface area contributed by atoms with E-state index in [9.17, 15) is 14.0 Å². The molecular formula is C20H27FN2O3. The van der Waals surface area contributed by atoms with Crippen LogP contribution in [0.2, 0.25) is 0 Å². The summed E-state index contributed by atoms with van der Waals surface area (Å²) in [4.78, 5) is 28.9. The highest BCUT2D eigenvalue weighted by atomic mass is 19.1. The zero-order valence-corrected chi connectivity index (χ0v) is 15.5. The van der Waals surface area contributed by atoms with Crippen molar-refractivity contribution in [3.63, 3.8) is 0 Å². The molecule has 5 nitrogen and oxygen atoms in total. The van der Waals surface area contributed by atoms with Gasteiger partial charge in [0.15, 0.2) is 0 Å². The molecule has 3 rings (SSSR count). The van der Waals surface area contributed by atoms with Crippen LogP contribution in [-0.4, -0.2) is 60.0 Å². The fourth-order valence-corrected chi connectivity index (χ4v) is 3.91. The third-order valence-electron chi connectivity index (χ3n) is 5.23. The summed E-state index contributed by atoms with van der Waals surface area (Å²) >= 11 is 0. The van der Waals surface area contributed by atoms with Gasteiger partial charge in [-0.3, -0.25) is 9.59 Å². The summed E-state index contributed by atoms with van der Waals surface area (Å²) in [5.41, 5.74) is 0.423. The van der Waals surface area contributed by atoms with E-state index in [-0.39, 0.29) is 42.2 Å². The standard InChI is InChI=1S/C20H27FN2O3/c1-14-12-23(13-15(2)26-14)20(25)16-7-9-22(10-8-16)19(24)11-17-5-3-4-6-18(17)21/h3-6,14-16H,7-13H2,1-2H3/t14-,15+. The monoisotopic (exact) mass is 362 g/mol. The molecule has 26 heavy (non-hydrogen) atoms. The number of amides is 2. The van der Waals surface area contributed by atoms with E-state index in [0.29, 0.717) is 44.6 Å². The summed E-state index contributed by atoms with van der Waals surface area (Å²) in [6.07, 6.45) is 1.53. The Morgan fingerprint density at radius 1 is 1.08 bits per heavy atom. The Hall–Kier alpha value is -1.95. The minimum atomic E-state index is -0.346. The number of ether oxygens (including phenoxy) is 1. The van der Waals surface area contributed by atoms with E-state index in [2.05, 4.69) is 0 Å². The van der Waals surface area contributed by atoms with Crippen LogP contribution in [0.25, 0.3) is 0 Å². The molecule has 6 heteroatoms. The van der Waals surface area contributed by atoms with Gasteiger partial charge in [0.2, 0.25) is 11.8 Å². The lowest BCUT2D eigenvalue weighted by molar-refractivity contribution is -0.150. The van der Waals surface area contributed by atoms with Crippen molar-refractivity contribution in [2.45, 2.75) is 45.3 Å². The van der Waals surface area contributed by atoms with Crippen LogP contribution in [0.3, 0.4) is 0 Å². The summed E-state index contributed by atoms with van der Waals surface area (Å²) in [7, 11) is 0. The van der Waals surface area contributed by atoms with Crippen LogP contribution >= 0.6 is 0 Å². The van der Waals surface area contributed by atoms with E-state index < -0.39 is 0 Å². The average molecular weight is 362 g/mol. The molecule has 2 amide bonds. The number of carbonyl (C=O) groups is 2. The van der Waals surface area contributed by atoms with E-state index in [1.54, 1.807) is 23.1 Å². The van der Waals surface area contributed by atoms with Crippen molar-refractivity contribution < 1.29 is 18.7 Å². The van der Waals surface area contributed by atoms with Gasteiger partial charge in [0, 0.05) is 32.1 Å². The number of hydrogen-bond acceptors (Lipinski definition) is 3. The van der Waals surface area contributed by atoms with Gasteiger partial charge >= 0.3 is 0 Å². The molecule has 0 unspecified atom stereocenters. The maximum Gasteiger partial charge on any atom is 0.227 e. The Morgan fingerprint density at radius 2 is 1.69 bits per heavy atom. The van der Waals surface area contributed by atoms with Crippen LogP contribution in [0, 0.1) is 11.7 Å². The first-order valence-electron chi connectivity index (χ1n) is 9.39.